The lowest BCUT2D eigenvalue weighted by Crippen LogP contribution is -2.39. The SMILES string of the molecule is COC(=O)C1(C(=O)OC)CC2=C(c3ccccc3)CC[C@H]2C1. The molecule has 0 N–H and O–H groups in total. The van der Waals surface area contributed by atoms with Crippen molar-refractivity contribution in [1.29, 1.82) is 0 Å². The van der Waals surface area contributed by atoms with Crippen LogP contribution in [0.4, 0.5) is 0 Å². The van der Waals surface area contributed by atoms with E-state index < -0.39 is 17.4 Å². The first-order valence-corrected chi connectivity index (χ1v) is 7.56. The molecule has 4 heteroatoms. The van der Waals surface area contributed by atoms with Crippen LogP contribution in [0, 0.1) is 11.3 Å². The summed E-state index contributed by atoms with van der Waals surface area (Å²) < 4.78 is 9.81. The van der Waals surface area contributed by atoms with E-state index in [-0.39, 0.29) is 5.92 Å². The van der Waals surface area contributed by atoms with Gasteiger partial charge < -0.3 is 9.47 Å². The molecule has 0 radical (unpaired) electrons. The van der Waals surface area contributed by atoms with Gasteiger partial charge in [0, 0.05) is 0 Å². The monoisotopic (exact) mass is 300 g/mol. The second kappa shape index (κ2) is 5.59. The number of esters is 2. The quantitative estimate of drug-likeness (QED) is 0.636. The van der Waals surface area contributed by atoms with Gasteiger partial charge in [0.2, 0.25) is 0 Å². The summed E-state index contributed by atoms with van der Waals surface area (Å²) in [4.78, 5) is 24.5. The van der Waals surface area contributed by atoms with E-state index in [1.807, 2.05) is 18.2 Å². The molecule has 3 rings (SSSR count). The number of methoxy groups -OCH3 is 2. The van der Waals surface area contributed by atoms with E-state index in [4.69, 9.17) is 9.47 Å². The molecule has 22 heavy (non-hydrogen) atoms. The zero-order chi connectivity index (χ0) is 15.7. The van der Waals surface area contributed by atoms with Gasteiger partial charge in [-0.15, -0.1) is 0 Å². The molecule has 1 atom stereocenters. The summed E-state index contributed by atoms with van der Waals surface area (Å²) in [7, 11) is 2.65. The van der Waals surface area contributed by atoms with Gasteiger partial charge in [-0.1, -0.05) is 35.9 Å². The Morgan fingerprint density at radius 1 is 1.09 bits per heavy atom. The van der Waals surface area contributed by atoms with E-state index >= 15 is 0 Å². The maximum absolute atomic E-state index is 12.3. The molecule has 0 saturated heterocycles. The van der Waals surface area contributed by atoms with Crippen molar-refractivity contribution < 1.29 is 19.1 Å². The fourth-order valence-electron chi connectivity index (χ4n) is 3.95. The first-order chi connectivity index (χ1) is 10.6. The molecule has 0 heterocycles. The lowest BCUT2D eigenvalue weighted by atomic mass is 9.83. The Balaban J connectivity index is 2.01. The molecular weight excluding hydrogens is 280 g/mol. The Labute approximate surface area is 130 Å². The first-order valence-electron chi connectivity index (χ1n) is 7.56. The summed E-state index contributed by atoms with van der Waals surface area (Å²) in [5.41, 5.74) is 2.53. The Morgan fingerprint density at radius 2 is 1.73 bits per heavy atom. The Kier molecular flexibility index (Phi) is 3.77. The highest BCUT2D eigenvalue weighted by Crippen LogP contribution is 2.55. The number of hydrogen-bond donors (Lipinski definition) is 0. The zero-order valence-electron chi connectivity index (χ0n) is 12.9. The fourth-order valence-corrected chi connectivity index (χ4v) is 3.95. The van der Waals surface area contributed by atoms with E-state index in [1.165, 1.54) is 30.9 Å². The van der Waals surface area contributed by atoms with E-state index in [1.54, 1.807) is 0 Å². The van der Waals surface area contributed by atoms with Gasteiger partial charge >= 0.3 is 11.9 Å². The van der Waals surface area contributed by atoms with Gasteiger partial charge in [0.05, 0.1) is 14.2 Å². The van der Waals surface area contributed by atoms with E-state index in [2.05, 4.69) is 12.1 Å². The highest BCUT2D eigenvalue weighted by Gasteiger charge is 2.56. The molecule has 0 bridgehead atoms. The summed E-state index contributed by atoms with van der Waals surface area (Å²) >= 11 is 0. The molecule has 116 valence electrons. The van der Waals surface area contributed by atoms with Crippen molar-refractivity contribution >= 4 is 17.5 Å². The zero-order valence-corrected chi connectivity index (χ0v) is 12.9. The van der Waals surface area contributed by atoms with Crippen LogP contribution in [0.1, 0.15) is 31.2 Å². The number of ether oxygens (including phenoxy) is 2. The summed E-state index contributed by atoms with van der Waals surface area (Å²) in [5, 5.41) is 0. The van der Waals surface area contributed by atoms with Gasteiger partial charge in [-0.2, -0.15) is 0 Å². The van der Waals surface area contributed by atoms with Crippen LogP contribution >= 0.6 is 0 Å². The Bertz CT molecular complexity index is 614. The number of hydrogen-bond acceptors (Lipinski definition) is 4. The van der Waals surface area contributed by atoms with Crippen LogP contribution in [0.5, 0.6) is 0 Å². The molecule has 0 aromatic heterocycles. The predicted molar refractivity (Wildman–Crippen MR) is 81.8 cm³/mol. The van der Waals surface area contributed by atoms with Crippen LogP contribution in [0.2, 0.25) is 0 Å². The molecule has 2 aliphatic carbocycles. The third-order valence-electron chi connectivity index (χ3n) is 4.98. The van der Waals surface area contributed by atoms with Gasteiger partial charge in [-0.05, 0) is 42.7 Å². The molecule has 1 aromatic rings. The molecular formula is C18H20O4. The molecule has 1 fully saturated rings. The number of rotatable bonds is 3. The number of allylic oxidation sites excluding steroid dienone is 2. The maximum atomic E-state index is 12.3. The lowest BCUT2D eigenvalue weighted by Gasteiger charge is -2.23. The second-order valence-corrected chi connectivity index (χ2v) is 6.05. The third kappa shape index (κ3) is 2.14. The highest BCUT2D eigenvalue weighted by atomic mass is 16.5. The summed E-state index contributed by atoms with van der Waals surface area (Å²) in [5.74, 6) is -0.685. The average molecular weight is 300 g/mol. The van der Waals surface area contributed by atoms with Crippen molar-refractivity contribution in [3.05, 3.63) is 41.5 Å². The molecule has 0 unspecified atom stereocenters. The Hall–Kier alpha value is -2.10. The molecule has 1 aromatic carbocycles. The largest absolute Gasteiger partial charge is 0.468 e. The minimum absolute atomic E-state index is 0.272. The van der Waals surface area contributed by atoms with Gasteiger partial charge in [-0.3, -0.25) is 9.59 Å². The van der Waals surface area contributed by atoms with Crippen LogP contribution in [0.15, 0.2) is 35.9 Å². The van der Waals surface area contributed by atoms with Gasteiger partial charge in [0.15, 0.2) is 5.41 Å². The molecule has 1 saturated carbocycles. The molecule has 0 aliphatic heterocycles. The van der Waals surface area contributed by atoms with Crippen LogP contribution in [0.25, 0.3) is 5.57 Å². The van der Waals surface area contributed by atoms with Crippen molar-refractivity contribution in [3.63, 3.8) is 0 Å². The minimum atomic E-state index is -1.16. The summed E-state index contributed by atoms with van der Waals surface area (Å²) in [6.07, 6.45) is 2.90. The van der Waals surface area contributed by atoms with Crippen LogP contribution in [-0.2, 0) is 19.1 Å². The van der Waals surface area contributed by atoms with Crippen molar-refractivity contribution in [2.75, 3.05) is 14.2 Å². The maximum Gasteiger partial charge on any atom is 0.323 e. The number of carbonyl (C=O) groups is 2. The molecule has 0 spiro atoms. The van der Waals surface area contributed by atoms with Crippen molar-refractivity contribution in [3.8, 4) is 0 Å². The summed E-state index contributed by atoms with van der Waals surface area (Å²) in [6.45, 7) is 0. The van der Waals surface area contributed by atoms with Crippen molar-refractivity contribution in [2.45, 2.75) is 25.7 Å². The topological polar surface area (TPSA) is 52.6 Å². The predicted octanol–water partition coefficient (Wildman–Crippen LogP) is 2.98. The van der Waals surface area contributed by atoms with Crippen molar-refractivity contribution in [1.82, 2.24) is 0 Å². The second-order valence-electron chi connectivity index (χ2n) is 6.05. The standard InChI is InChI=1S/C18H20O4/c1-21-16(19)18(17(20)22-2)10-13-8-9-14(15(13)11-18)12-6-4-3-5-7-12/h3-7,13H,8-11H2,1-2H3/t13-/m0/s1. The lowest BCUT2D eigenvalue weighted by molar-refractivity contribution is -0.168. The Morgan fingerprint density at radius 3 is 2.32 bits per heavy atom. The number of benzene rings is 1. The fraction of sp³-hybridized carbons (Fsp3) is 0.444. The van der Waals surface area contributed by atoms with E-state index in [9.17, 15) is 9.59 Å². The normalized spacial score (nSPS) is 22.4. The highest BCUT2D eigenvalue weighted by molar-refractivity contribution is 6.01. The molecule has 4 nitrogen and oxygen atoms in total. The third-order valence-corrected chi connectivity index (χ3v) is 4.98. The summed E-state index contributed by atoms with van der Waals surface area (Å²) in [6, 6.07) is 10.2. The van der Waals surface area contributed by atoms with Gasteiger partial charge in [0.1, 0.15) is 0 Å². The number of fused-ring (bicyclic) bond motifs is 1. The van der Waals surface area contributed by atoms with Gasteiger partial charge in [0.25, 0.3) is 0 Å². The first kappa shape index (κ1) is 14.8. The smallest absolute Gasteiger partial charge is 0.323 e. The van der Waals surface area contributed by atoms with Crippen LogP contribution in [0.3, 0.4) is 0 Å². The van der Waals surface area contributed by atoms with Crippen LogP contribution in [-0.4, -0.2) is 26.2 Å². The molecule has 2 aliphatic rings. The van der Waals surface area contributed by atoms with E-state index in [0.717, 1.165) is 12.8 Å². The molecule has 0 amide bonds. The van der Waals surface area contributed by atoms with Crippen molar-refractivity contribution in [2.24, 2.45) is 11.3 Å². The van der Waals surface area contributed by atoms with E-state index in [0.29, 0.717) is 12.8 Å². The van der Waals surface area contributed by atoms with Crippen LogP contribution < -0.4 is 0 Å². The average Bonchev–Trinajstić information content (AvgIpc) is 3.12. The van der Waals surface area contributed by atoms with Gasteiger partial charge in [-0.25, -0.2) is 0 Å². The minimum Gasteiger partial charge on any atom is -0.468 e. The number of carbonyl (C=O) groups excluding carboxylic acids is 2.